The lowest BCUT2D eigenvalue weighted by Crippen LogP contribution is -2.44. The summed E-state index contributed by atoms with van der Waals surface area (Å²) >= 11 is 0. The van der Waals surface area contributed by atoms with Gasteiger partial charge in [0.25, 0.3) is 0 Å². The molecule has 2 N–H and O–H groups in total. The van der Waals surface area contributed by atoms with Gasteiger partial charge in [0.1, 0.15) is 6.04 Å². The maximum absolute atomic E-state index is 12.7. The van der Waals surface area contributed by atoms with Crippen molar-refractivity contribution in [3.05, 3.63) is 34.2 Å². The van der Waals surface area contributed by atoms with Gasteiger partial charge in [-0.15, -0.1) is 0 Å². The molecule has 2 aromatic rings. The van der Waals surface area contributed by atoms with E-state index < -0.39 is 11.9 Å². The number of hydrogen-bond acceptors (Lipinski definition) is 4. The summed E-state index contributed by atoms with van der Waals surface area (Å²) in [4.78, 5) is 36.2. The Hall–Kier alpha value is -2.41. The molecule has 0 radical (unpaired) electrons. The van der Waals surface area contributed by atoms with E-state index in [0.29, 0.717) is 12.3 Å². The number of carbonyl (C=O) groups excluding carboxylic acids is 2. The van der Waals surface area contributed by atoms with Crippen molar-refractivity contribution in [3.63, 3.8) is 0 Å². The average Bonchev–Trinajstić information content (AvgIpc) is 3.17. The third-order valence-electron chi connectivity index (χ3n) is 5.17. The first-order valence-electron chi connectivity index (χ1n) is 8.31. The summed E-state index contributed by atoms with van der Waals surface area (Å²) in [6, 6.07) is 5.39. The zero-order valence-electron chi connectivity index (χ0n) is 13.5. The maximum atomic E-state index is 12.7. The minimum Gasteiger partial charge on any atom is -0.316 e. The van der Waals surface area contributed by atoms with Crippen molar-refractivity contribution in [2.24, 2.45) is 7.05 Å². The van der Waals surface area contributed by atoms with Crippen molar-refractivity contribution in [3.8, 4) is 0 Å². The van der Waals surface area contributed by atoms with Gasteiger partial charge in [-0.25, -0.2) is 4.79 Å². The summed E-state index contributed by atoms with van der Waals surface area (Å²) in [6.07, 6.45) is 1.70. The van der Waals surface area contributed by atoms with Crippen molar-refractivity contribution in [1.82, 2.24) is 19.8 Å². The molecule has 3 heterocycles. The number of rotatable bonds is 2. The zero-order valence-corrected chi connectivity index (χ0v) is 13.5. The van der Waals surface area contributed by atoms with Crippen LogP contribution in [0.2, 0.25) is 0 Å². The molecular formula is C17H20N4O3. The second-order valence-electron chi connectivity index (χ2n) is 6.62. The summed E-state index contributed by atoms with van der Waals surface area (Å²) in [7, 11) is 1.73. The van der Waals surface area contributed by atoms with E-state index in [0.717, 1.165) is 30.5 Å². The van der Waals surface area contributed by atoms with E-state index in [4.69, 9.17) is 0 Å². The zero-order chi connectivity index (χ0) is 16.8. The molecule has 2 amide bonds. The molecule has 1 aromatic heterocycles. The lowest BCUT2D eigenvalue weighted by atomic mass is 9.98. The third-order valence-corrected chi connectivity index (χ3v) is 5.17. The van der Waals surface area contributed by atoms with E-state index in [1.165, 1.54) is 10.1 Å². The van der Waals surface area contributed by atoms with Crippen LogP contribution >= 0.6 is 0 Å². The van der Waals surface area contributed by atoms with E-state index in [-0.39, 0.29) is 18.0 Å². The SMILES string of the molecule is Cn1c(=O)n(C2CCC(=O)NC2=O)c2ccc([C@@H]3CCNC3)cc21. The van der Waals surface area contributed by atoms with Crippen LogP contribution in [-0.4, -0.2) is 34.0 Å². The number of carbonyl (C=O) groups is 2. The van der Waals surface area contributed by atoms with Crippen molar-refractivity contribution < 1.29 is 9.59 Å². The molecule has 2 aliphatic heterocycles. The number of hydrogen-bond donors (Lipinski definition) is 2. The summed E-state index contributed by atoms with van der Waals surface area (Å²) in [5, 5.41) is 5.68. The number of imidazole rings is 1. The highest BCUT2D eigenvalue weighted by Gasteiger charge is 2.31. The Morgan fingerprint density at radius 1 is 1.12 bits per heavy atom. The maximum Gasteiger partial charge on any atom is 0.329 e. The lowest BCUT2D eigenvalue weighted by Gasteiger charge is -2.22. The molecule has 4 rings (SSSR count). The number of nitrogens with zero attached hydrogens (tertiary/aromatic N) is 2. The van der Waals surface area contributed by atoms with Crippen LogP contribution < -0.4 is 16.3 Å². The number of fused-ring (bicyclic) bond motifs is 1. The Kier molecular flexibility index (Phi) is 3.53. The summed E-state index contributed by atoms with van der Waals surface area (Å²) in [5.74, 6) is -0.214. The Labute approximate surface area is 138 Å². The van der Waals surface area contributed by atoms with E-state index in [9.17, 15) is 14.4 Å². The predicted molar refractivity (Wildman–Crippen MR) is 88.8 cm³/mol. The normalized spacial score (nSPS) is 24.5. The monoisotopic (exact) mass is 328 g/mol. The number of benzene rings is 1. The van der Waals surface area contributed by atoms with E-state index >= 15 is 0 Å². The molecule has 1 aromatic carbocycles. The van der Waals surface area contributed by atoms with Gasteiger partial charge in [-0.1, -0.05) is 6.07 Å². The van der Waals surface area contributed by atoms with Gasteiger partial charge in [0.05, 0.1) is 11.0 Å². The van der Waals surface area contributed by atoms with Crippen molar-refractivity contribution in [1.29, 1.82) is 0 Å². The minimum atomic E-state index is -0.627. The van der Waals surface area contributed by atoms with E-state index in [2.05, 4.69) is 16.7 Å². The van der Waals surface area contributed by atoms with Crippen LogP contribution in [0.25, 0.3) is 11.0 Å². The van der Waals surface area contributed by atoms with Crippen LogP contribution in [0.3, 0.4) is 0 Å². The number of aryl methyl sites for hydroxylation is 1. The fourth-order valence-electron chi connectivity index (χ4n) is 3.80. The largest absolute Gasteiger partial charge is 0.329 e. The number of piperidine rings is 1. The highest BCUT2D eigenvalue weighted by molar-refractivity contribution is 6.00. The second kappa shape index (κ2) is 5.59. The Balaban J connectivity index is 1.82. The van der Waals surface area contributed by atoms with Crippen LogP contribution in [0.5, 0.6) is 0 Å². The van der Waals surface area contributed by atoms with Gasteiger partial charge < -0.3 is 5.32 Å². The molecule has 0 aliphatic carbocycles. The van der Waals surface area contributed by atoms with Crippen LogP contribution in [0.15, 0.2) is 23.0 Å². The number of nitrogens with one attached hydrogen (secondary N) is 2. The standard InChI is InChI=1S/C17H20N4O3/c1-20-14-8-10(11-6-7-18-9-11)2-3-12(14)21(17(20)24)13-4-5-15(22)19-16(13)23/h2-3,8,11,13,18H,4-7,9H2,1H3,(H,19,22,23)/t11-,13?/m1/s1. The summed E-state index contributed by atoms with van der Waals surface area (Å²) in [5.41, 5.74) is 2.56. The molecule has 0 saturated carbocycles. The molecule has 2 fully saturated rings. The van der Waals surface area contributed by atoms with Gasteiger partial charge in [0.15, 0.2) is 0 Å². The third kappa shape index (κ3) is 2.27. The highest BCUT2D eigenvalue weighted by atomic mass is 16.2. The minimum absolute atomic E-state index is 0.221. The average molecular weight is 328 g/mol. The Bertz CT molecular complexity index is 889. The van der Waals surface area contributed by atoms with Gasteiger partial charge in [-0.3, -0.25) is 24.0 Å². The predicted octanol–water partition coefficient (Wildman–Crippen LogP) is 0.395. The van der Waals surface area contributed by atoms with Crippen molar-refractivity contribution in [2.45, 2.75) is 31.2 Å². The molecule has 7 heteroatoms. The summed E-state index contributed by atoms with van der Waals surface area (Å²) < 4.78 is 3.11. The highest BCUT2D eigenvalue weighted by Crippen LogP contribution is 2.28. The molecule has 7 nitrogen and oxygen atoms in total. The molecule has 2 saturated heterocycles. The van der Waals surface area contributed by atoms with Crippen LogP contribution in [-0.2, 0) is 16.6 Å². The van der Waals surface area contributed by atoms with Crippen molar-refractivity contribution in [2.75, 3.05) is 13.1 Å². The number of aromatic nitrogens is 2. The van der Waals surface area contributed by atoms with Gasteiger partial charge >= 0.3 is 5.69 Å². The molecule has 126 valence electrons. The fraction of sp³-hybridized carbons (Fsp3) is 0.471. The second-order valence-corrected chi connectivity index (χ2v) is 6.62. The van der Waals surface area contributed by atoms with Gasteiger partial charge in [-0.2, -0.15) is 0 Å². The number of imide groups is 1. The first kappa shape index (κ1) is 15.1. The van der Waals surface area contributed by atoms with E-state index in [1.54, 1.807) is 11.6 Å². The van der Waals surface area contributed by atoms with E-state index in [1.807, 2.05) is 12.1 Å². The molecule has 1 unspecified atom stereocenters. The molecule has 2 aliphatic rings. The van der Waals surface area contributed by atoms with Crippen LogP contribution in [0, 0.1) is 0 Å². The molecule has 2 atom stereocenters. The molecular weight excluding hydrogens is 308 g/mol. The summed E-state index contributed by atoms with van der Waals surface area (Å²) in [6.45, 7) is 1.96. The van der Waals surface area contributed by atoms with Crippen LogP contribution in [0.4, 0.5) is 0 Å². The van der Waals surface area contributed by atoms with Crippen LogP contribution in [0.1, 0.15) is 36.8 Å². The van der Waals surface area contributed by atoms with Gasteiger partial charge in [0, 0.05) is 20.0 Å². The topological polar surface area (TPSA) is 85.1 Å². The first-order valence-corrected chi connectivity index (χ1v) is 8.31. The fourth-order valence-corrected chi connectivity index (χ4v) is 3.80. The van der Waals surface area contributed by atoms with Gasteiger partial charge in [0.2, 0.25) is 11.8 Å². The Morgan fingerprint density at radius 3 is 2.67 bits per heavy atom. The first-order chi connectivity index (χ1) is 11.6. The lowest BCUT2D eigenvalue weighted by molar-refractivity contribution is -0.135. The van der Waals surface area contributed by atoms with Crippen molar-refractivity contribution >= 4 is 22.8 Å². The number of amides is 2. The molecule has 0 spiro atoms. The van der Waals surface area contributed by atoms with Gasteiger partial charge in [-0.05, 0) is 43.0 Å². The Morgan fingerprint density at radius 2 is 1.96 bits per heavy atom. The smallest absolute Gasteiger partial charge is 0.316 e. The molecule has 24 heavy (non-hydrogen) atoms. The molecule has 0 bridgehead atoms. The quantitative estimate of drug-likeness (QED) is 0.781.